The molecule has 0 radical (unpaired) electrons. The van der Waals surface area contributed by atoms with Crippen molar-refractivity contribution in [3.05, 3.63) is 30.3 Å². The molecule has 1 aliphatic heterocycles. The van der Waals surface area contributed by atoms with Gasteiger partial charge in [0.15, 0.2) is 0 Å². The number of nitrogen functional groups attached to an aromatic ring is 1. The van der Waals surface area contributed by atoms with Gasteiger partial charge in [0.1, 0.15) is 5.82 Å². The highest BCUT2D eigenvalue weighted by molar-refractivity contribution is 7.89. The number of sulfonamides is 1. The van der Waals surface area contributed by atoms with Gasteiger partial charge in [0, 0.05) is 25.6 Å². The van der Waals surface area contributed by atoms with Crippen molar-refractivity contribution in [1.82, 2.24) is 9.29 Å². The monoisotopic (exact) mass is 307 g/mol. The van der Waals surface area contributed by atoms with E-state index in [1.807, 2.05) is 0 Å². The number of ether oxygens (including phenoxy) is 1. The molecule has 2 N–H and O–H groups in total. The van der Waals surface area contributed by atoms with E-state index in [1.165, 1.54) is 4.31 Å². The maximum absolute atomic E-state index is 12.6. The molecule has 0 saturated carbocycles. The van der Waals surface area contributed by atoms with E-state index in [0.29, 0.717) is 24.4 Å². The first-order chi connectivity index (χ1) is 10.0. The molecule has 112 valence electrons. The second kappa shape index (κ2) is 5.25. The summed E-state index contributed by atoms with van der Waals surface area (Å²) in [6.45, 7) is 0.885. The van der Waals surface area contributed by atoms with Crippen molar-refractivity contribution in [2.45, 2.75) is 17.4 Å². The molecule has 1 saturated heterocycles. The molecule has 2 heterocycles. The molecule has 7 heteroatoms. The zero-order chi connectivity index (χ0) is 15.0. The van der Waals surface area contributed by atoms with Crippen LogP contribution in [-0.4, -0.2) is 44.0 Å². The summed E-state index contributed by atoms with van der Waals surface area (Å²) in [5, 5.41) is 0.757. The van der Waals surface area contributed by atoms with Crippen LogP contribution < -0.4 is 5.73 Å². The van der Waals surface area contributed by atoms with Gasteiger partial charge in [-0.05, 0) is 36.8 Å². The minimum absolute atomic E-state index is 0.0262. The summed E-state index contributed by atoms with van der Waals surface area (Å²) in [6.07, 6.45) is 0.697. The zero-order valence-corrected chi connectivity index (χ0v) is 12.5. The fourth-order valence-corrected chi connectivity index (χ4v) is 4.06. The summed E-state index contributed by atoms with van der Waals surface area (Å²) in [5.41, 5.74) is 6.31. The highest BCUT2D eigenvalue weighted by Gasteiger charge is 2.32. The average Bonchev–Trinajstić information content (AvgIpc) is 2.96. The Labute approximate surface area is 123 Å². The smallest absolute Gasteiger partial charge is 0.243 e. The standard InChI is InChI=1S/C14H17N3O3S/c1-20-11-6-7-17(9-11)21(18,19)12-3-4-13-10(8-12)2-5-14(15)16-13/h2-5,8,11H,6-7,9H2,1H3,(H2,15,16). The lowest BCUT2D eigenvalue weighted by molar-refractivity contribution is 0.115. The van der Waals surface area contributed by atoms with Crippen molar-refractivity contribution < 1.29 is 13.2 Å². The number of hydrogen-bond donors (Lipinski definition) is 1. The van der Waals surface area contributed by atoms with Crippen molar-refractivity contribution in [2.75, 3.05) is 25.9 Å². The Morgan fingerprint density at radius 2 is 2.14 bits per heavy atom. The molecule has 0 bridgehead atoms. The van der Waals surface area contributed by atoms with Crippen LogP contribution in [0, 0.1) is 0 Å². The predicted molar refractivity (Wildman–Crippen MR) is 80.3 cm³/mol. The summed E-state index contributed by atoms with van der Waals surface area (Å²) in [7, 11) is -1.88. The minimum Gasteiger partial charge on any atom is -0.384 e. The van der Waals surface area contributed by atoms with Crippen LogP contribution in [0.15, 0.2) is 35.2 Å². The van der Waals surface area contributed by atoms with E-state index in [0.717, 1.165) is 11.8 Å². The Morgan fingerprint density at radius 3 is 2.86 bits per heavy atom. The van der Waals surface area contributed by atoms with E-state index in [2.05, 4.69) is 4.98 Å². The number of fused-ring (bicyclic) bond motifs is 1. The lowest BCUT2D eigenvalue weighted by Crippen LogP contribution is -2.30. The molecule has 1 atom stereocenters. The Hall–Kier alpha value is -1.70. The highest BCUT2D eigenvalue weighted by atomic mass is 32.2. The lowest BCUT2D eigenvalue weighted by Gasteiger charge is -2.16. The summed E-state index contributed by atoms with van der Waals surface area (Å²) in [5.74, 6) is 0.417. The molecule has 21 heavy (non-hydrogen) atoms. The Kier molecular flexibility index (Phi) is 3.56. The van der Waals surface area contributed by atoms with Gasteiger partial charge in [0.2, 0.25) is 10.0 Å². The van der Waals surface area contributed by atoms with Crippen molar-refractivity contribution in [3.63, 3.8) is 0 Å². The number of hydrogen-bond acceptors (Lipinski definition) is 5. The summed E-state index contributed by atoms with van der Waals surface area (Å²) in [4.78, 5) is 4.45. The van der Waals surface area contributed by atoms with Gasteiger partial charge in [-0.1, -0.05) is 0 Å². The number of anilines is 1. The maximum Gasteiger partial charge on any atom is 0.243 e. The third-order valence-corrected chi connectivity index (χ3v) is 5.62. The van der Waals surface area contributed by atoms with Gasteiger partial charge < -0.3 is 10.5 Å². The van der Waals surface area contributed by atoms with Gasteiger partial charge in [-0.25, -0.2) is 13.4 Å². The summed E-state index contributed by atoms with van der Waals surface area (Å²) < 4.78 is 32.0. The average molecular weight is 307 g/mol. The van der Waals surface area contributed by atoms with Gasteiger partial charge in [-0.15, -0.1) is 0 Å². The van der Waals surface area contributed by atoms with Crippen molar-refractivity contribution in [1.29, 1.82) is 0 Å². The molecule has 1 fully saturated rings. The normalized spacial score (nSPS) is 20.1. The molecule has 0 aliphatic carbocycles. The number of nitrogens with zero attached hydrogens (tertiary/aromatic N) is 2. The van der Waals surface area contributed by atoms with Crippen LogP contribution in [0.1, 0.15) is 6.42 Å². The Balaban J connectivity index is 1.97. The van der Waals surface area contributed by atoms with E-state index >= 15 is 0 Å². The predicted octanol–water partition coefficient (Wildman–Crippen LogP) is 1.23. The van der Waals surface area contributed by atoms with E-state index in [-0.39, 0.29) is 11.0 Å². The summed E-state index contributed by atoms with van der Waals surface area (Å²) in [6, 6.07) is 8.33. The van der Waals surface area contributed by atoms with Crippen LogP contribution in [0.25, 0.3) is 10.9 Å². The Morgan fingerprint density at radius 1 is 1.33 bits per heavy atom. The number of rotatable bonds is 3. The molecule has 1 aromatic carbocycles. The largest absolute Gasteiger partial charge is 0.384 e. The number of benzene rings is 1. The molecule has 2 aromatic rings. The molecule has 3 rings (SSSR count). The molecule has 1 aliphatic rings. The van der Waals surface area contributed by atoms with E-state index in [1.54, 1.807) is 37.4 Å². The van der Waals surface area contributed by atoms with Crippen molar-refractivity contribution in [3.8, 4) is 0 Å². The van der Waals surface area contributed by atoms with E-state index in [4.69, 9.17) is 10.5 Å². The highest BCUT2D eigenvalue weighted by Crippen LogP contribution is 2.25. The maximum atomic E-state index is 12.6. The van der Waals surface area contributed by atoms with Crippen LogP contribution in [0.5, 0.6) is 0 Å². The molecule has 0 spiro atoms. The molecule has 6 nitrogen and oxygen atoms in total. The third-order valence-electron chi connectivity index (χ3n) is 3.76. The van der Waals surface area contributed by atoms with Crippen LogP contribution in [-0.2, 0) is 14.8 Å². The van der Waals surface area contributed by atoms with E-state index in [9.17, 15) is 8.42 Å². The van der Waals surface area contributed by atoms with Gasteiger partial charge in [-0.3, -0.25) is 0 Å². The quantitative estimate of drug-likeness (QED) is 0.921. The first-order valence-corrected chi connectivity index (χ1v) is 8.14. The number of aromatic nitrogens is 1. The SMILES string of the molecule is COC1CCN(S(=O)(=O)c2ccc3nc(N)ccc3c2)C1. The van der Waals surface area contributed by atoms with Crippen LogP contribution >= 0.6 is 0 Å². The first kappa shape index (κ1) is 14.2. The minimum atomic E-state index is -3.49. The topological polar surface area (TPSA) is 85.5 Å². The van der Waals surface area contributed by atoms with Crippen LogP contribution in [0.4, 0.5) is 5.82 Å². The van der Waals surface area contributed by atoms with Gasteiger partial charge in [0.05, 0.1) is 16.5 Å². The second-order valence-electron chi connectivity index (χ2n) is 5.10. The first-order valence-electron chi connectivity index (χ1n) is 6.70. The number of nitrogens with two attached hydrogens (primary N) is 1. The molecular formula is C14H17N3O3S. The van der Waals surface area contributed by atoms with E-state index < -0.39 is 10.0 Å². The van der Waals surface area contributed by atoms with Crippen molar-refractivity contribution in [2.24, 2.45) is 0 Å². The van der Waals surface area contributed by atoms with Gasteiger partial charge in [-0.2, -0.15) is 4.31 Å². The fourth-order valence-electron chi connectivity index (χ4n) is 2.54. The van der Waals surface area contributed by atoms with Gasteiger partial charge >= 0.3 is 0 Å². The summed E-state index contributed by atoms with van der Waals surface area (Å²) >= 11 is 0. The third kappa shape index (κ3) is 2.59. The number of pyridine rings is 1. The van der Waals surface area contributed by atoms with Crippen molar-refractivity contribution >= 4 is 26.7 Å². The molecule has 1 unspecified atom stereocenters. The van der Waals surface area contributed by atoms with Gasteiger partial charge in [0.25, 0.3) is 0 Å². The lowest BCUT2D eigenvalue weighted by atomic mass is 10.2. The second-order valence-corrected chi connectivity index (χ2v) is 7.04. The van der Waals surface area contributed by atoms with Crippen LogP contribution in [0.2, 0.25) is 0 Å². The fraction of sp³-hybridized carbons (Fsp3) is 0.357. The Bertz CT molecular complexity index is 776. The van der Waals surface area contributed by atoms with Crippen LogP contribution in [0.3, 0.4) is 0 Å². The molecule has 1 aromatic heterocycles. The molecular weight excluding hydrogens is 290 g/mol. The molecule has 0 amide bonds. The number of methoxy groups -OCH3 is 1. The zero-order valence-electron chi connectivity index (χ0n) is 11.7.